The number of benzene rings is 2. The lowest BCUT2D eigenvalue weighted by atomic mass is 10.1. The Morgan fingerprint density at radius 3 is 2.12 bits per heavy atom. The molecule has 11 heteroatoms. The van der Waals surface area contributed by atoms with E-state index in [4.69, 9.17) is 15.2 Å². The third kappa shape index (κ3) is 5.94. The lowest BCUT2D eigenvalue weighted by Crippen LogP contribution is -2.31. The fraction of sp³-hybridized carbons (Fsp3) is 0.136. The van der Waals surface area contributed by atoms with Gasteiger partial charge in [0.25, 0.3) is 0 Å². The number of carbonyl (C=O) groups excluding carboxylic acids is 3. The van der Waals surface area contributed by atoms with Crippen molar-refractivity contribution in [3.63, 3.8) is 0 Å². The Bertz CT molecular complexity index is 1130. The number of esters is 2. The van der Waals surface area contributed by atoms with Crippen LogP contribution in [0.3, 0.4) is 0 Å². The molecule has 0 unspecified atom stereocenters. The van der Waals surface area contributed by atoms with E-state index in [1.54, 1.807) is 0 Å². The van der Waals surface area contributed by atoms with E-state index in [0.717, 1.165) is 5.56 Å². The average Bonchev–Trinajstić information content (AvgIpc) is 2.84. The van der Waals surface area contributed by atoms with Crippen LogP contribution < -0.4 is 21.9 Å². The summed E-state index contributed by atoms with van der Waals surface area (Å²) in [6.45, 7) is 0. The molecule has 0 aliphatic rings. The predicted octanol–water partition coefficient (Wildman–Crippen LogP) is 2.06. The third-order valence-corrected chi connectivity index (χ3v) is 4.45. The molecule has 170 valence electrons. The van der Waals surface area contributed by atoms with Crippen LogP contribution in [0, 0.1) is 0 Å². The molecule has 0 fully saturated rings. The number of hydrogen-bond donors (Lipinski definition) is 4. The number of amides is 1. The van der Waals surface area contributed by atoms with Gasteiger partial charge in [0.15, 0.2) is 11.6 Å². The van der Waals surface area contributed by atoms with Crippen LogP contribution in [-0.4, -0.2) is 42.0 Å². The minimum atomic E-state index is -0.636. The monoisotopic (exact) mass is 450 g/mol. The second-order valence-electron chi connectivity index (χ2n) is 6.73. The molecule has 1 heterocycles. The van der Waals surface area contributed by atoms with Crippen molar-refractivity contribution in [2.75, 3.05) is 30.7 Å². The summed E-state index contributed by atoms with van der Waals surface area (Å²) in [5.74, 6) is -1.22. The summed E-state index contributed by atoms with van der Waals surface area (Å²) in [6.07, 6.45) is 1.40. The Morgan fingerprint density at radius 1 is 0.909 bits per heavy atom. The molecule has 0 bridgehead atoms. The SMILES string of the molecule is COC(=O)c1cc(Nc2ncnc(NNC(=O)Cc3ccccc3)c2N)cc(C(=O)OC)c1. The van der Waals surface area contributed by atoms with Crippen molar-refractivity contribution in [2.24, 2.45) is 0 Å². The molecule has 3 rings (SSSR count). The van der Waals surface area contributed by atoms with E-state index in [1.807, 2.05) is 30.3 Å². The highest BCUT2D eigenvalue weighted by Gasteiger charge is 2.16. The quantitative estimate of drug-likeness (QED) is 0.296. The lowest BCUT2D eigenvalue weighted by Gasteiger charge is -2.14. The number of ether oxygens (including phenoxy) is 2. The average molecular weight is 450 g/mol. The largest absolute Gasteiger partial charge is 0.465 e. The summed E-state index contributed by atoms with van der Waals surface area (Å²) in [7, 11) is 2.46. The molecular weight excluding hydrogens is 428 g/mol. The zero-order chi connectivity index (χ0) is 23.8. The molecule has 0 atom stereocenters. The van der Waals surface area contributed by atoms with Gasteiger partial charge in [-0.2, -0.15) is 0 Å². The number of nitrogens with two attached hydrogens (primary N) is 1. The number of hydrazine groups is 1. The summed E-state index contributed by atoms with van der Waals surface area (Å²) in [4.78, 5) is 44.2. The Kier molecular flexibility index (Phi) is 7.37. The number of nitrogen functional groups attached to an aromatic ring is 1. The maximum Gasteiger partial charge on any atom is 0.337 e. The maximum atomic E-state index is 12.2. The first-order valence-electron chi connectivity index (χ1n) is 9.69. The van der Waals surface area contributed by atoms with Gasteiger partial charge in [-0.25, -0.2) is 19.6 Å². The minimum Gasteiger partial charge on any atom is -0.465 e. The van der Waals surface area contributed by atoms with Crippen molar-refractivity contribution >= 4 is 40.9 Å². The predicted molar refractivity (Wildman–Crippen MR) is 121 cm³/mol. The van der Waals surface area contributed by atoms with Gasteiger partial charge in [-0.1, -0.05) is 30.3 Å². The molecule has 3 aromatic rings. The fourth-order valence-electron chi connectivity index (χ4n) is 2.86. The van der Waals surface area contributed by atoms with E-state index in [-0.39, 0.29) is 40.8 Å². The van der Waals surface area contributed by atoms with Crippen molar-refractivity contribution < 1.29 is 23.9 Å². The number of methoxy groups -OCH3 is 2. The van der Waals surface area contributed by atoms with E-state index < -0.39 is 11.9 Å². The van der Waals surface area contributed by atoms with Gasteiger partial charge in [0.2, 0.25) is 5.91 Å². The van der Waals surface area contributed by atoms with E-state index in [1.165, 1.54) is 38.7 Å². The molecular formula is C22H22N6O5. The fourth-order valence-corrected chi connectivity index (χ4v) is 2.86. The standard InChI is InChI=1S/C22H22N6O5/c1-32-21(30)14-9-15(22(31)33-2)11-16(10-14)26-19-18(23)20(25-12-24-19)28-27-17(29)8-13-6-4-3-5-7-13/h3-7,9-12H,8,23H2,1-2H3,(H,27,29)(H2,24,25,26,28). The summed E-state index contributed by atoms with van der Waals surface area (Å²) < 4.78 is 9.46. The Morgan fingerprint density at radius 2 is 1.52 bits per heavy atom. The number of rotatable bonds is 8. The van der Waals surface area contributed by atoms with E-state index in [2.05, 4.69) is 26.1 Å². The number of nitrogens with one attached hydrogen (secondary N) is 3. The van der Waals surface area contributed by atoms with Gasteiger partial charge in [-0.05, 0) is 23.8 Å². The zero-order valence-corrected chi connectivity index (χ0v) is 17.9. The van der Waals surface area contributed by atoms with Gasteiger partial charge in [-0.15, -0.1) is 0 Å². The van der Waals surface area contributed by atoms with Gasteiger partial charge in [0, 0.05) is 5.69 Å². The Balaban J connectivity index is 1.77. The molecule has 0 saturated heterocycles. The molecule has 0 spiro atoms. The minimum absolute atomic E-state index is 0.0978. The summed E-state index contributed by atoms with van der Waals surface area (Å²) in [5.41, 5.74) is 12.9. The molecule has 0 aliphatic heterocycles. The van der Waals surface area contributed by atoms with Crippen molar-refractivity contribution in [3.8, 4) is 0 Å². The smallest absolute Gasteiger partial charge is 0.337 e. The number of aromatic nitrogens is 2. The number of carbonyl (C=O) groups is 3. The zero-order valence-electron chi connectivity index (χ0n) is 17.9. The Hall–Kier alpha value is -4.67. The molecule has 0 radical (unpaired) electrons. The van der Waals surface area contributed by atoms with Crippen LogP contribution in [-0.2, 0) is 20.7 Å². The van der Waals surface area contributed by atoms with E-state index in [9.17, 15) is 14.4 Å². The molecule has 11 nitrogen and oxygen atoms in total. The first-order valence-corrected chi connectivity index (χ1v) is 9.69. The Labute approximate surface area is 189 Å². The van der Waals surface area contributed by atoms with Gasteiger partial charge >= 0.3 is 11.9 Å². The van der Waals surface area contributed by atoms with Crippen molar-refractivity contribution in [2.45, 2.75) is 6.42 Å². The number of hydrogen-bond acceptors (Lipinski definition) is 10. The van der Waals surface area contributed by atoms with Gasteiger partial charge in [-0.3, -0.25) is 15.6 Å². The van der Waals surface area contributed by atoms with Gasteiger partial charge < -0.3 is 20.5 Å². The number of nitrogens with zero attached hydrogens (tertiary/aromatic N) is 2. The van der Waals surface area contributed by atoms with Crippen molar-refractivity contribution in [3.05, 3.63) is 71.5 Å². The van der Waals surface area contributed by atoms with Crippen molar-refractivity contribution in [1.29, 1.82) is 0 Å². The topological polar surface area (TPSA) is 158 Å². The van der Waals surface area contributed by atoms with Crippen LogP contribution in [0.15, 0.2) is 54.9 Å². The van der Waals surface area contributed by atoms with Crippen LogP contribution >= 0.6 is 0 Å². The molecule has 0 saturated carbocycles. The summed E-state index contributed by atoms with van der Waals surface area (Å²) >= 11 is 0. The second-order valence-corrected chi connectivity index (χ2v) is 6.73. The second kappa shape index (κ2) is 10.6. The molecule has 5 N–H and O–H groups in total. The lowest BCUT2D eigenvalue weighted by molar-refractivity contribution is -0.119. The highest BCUT2D eigenvalue weighted by atomic mass is 16.5. The van der Waals surface area contributed by atoms with Crippen LogP contribution in [0.5, 0.6) is 0 Å². The summed E-state index contributed by atoms with van der Waals surface area (Å²) in [6, 6.07) is 13.5. The highest BCUT2D eigenvalue weighted by molar-refractivity contribution is 5.97. The van der Waals surface area contributed by atoms with Gasteiger partial charge in [0.1, 0.15) is 12.0 Å². The van der Waals surface area contributed by atoms with Gasteiger partial charge in [0.05, 0.1) is 31.8 Å². The van der Waals surface area contributed by atoms with E-state index in [0.29, 0.717) is 5.69 Å². The van der Waals surface area contributed by atoms with Crippen LogP contribution in [0.1, 0.15) is 26.3 Å². The molecule has 1 aromatic heterocycles. The van der Waals surface area contributed by atoms with E-state index >= 15 is 0 Å². The summed E-state index contributed by atoms with van der Waals surface area (Å²) in [5, 5.41) is 2.93. The maximum absolute atomic E-state index is 12.2. The first-order chi connectivity index (χ1) is 15.9. The van der Waals surface area contributed by atoms with Crippen LogP contribution in [0.2, 0.25) is 0 Å². The van der Waals surface area contributed by atoms with Crippen LogP contribution in [0.25, 0.3) is 0 Å². The third-order valence-electron chi connectivity index (χ3n) is 4.45. The first kappa shape index (κ1) is 23.0. The van der Waals surface area contributed by atoms with Crippen LogP contribution in [0.4, 0.5) is 23.0 Å². The normalized spacial score (nSPS) is 10.1. The molecule has 33 heavy (non-hydrogen) atoms. The molecule has 2 aromatic carbocycles. The number of anilines is 4. The highest BCUT2D eigenvalue weighted by Crippen LogP contribution is 2.27. The molecule has 1 amide bonds. The van der Waals surface area contributed by atoms with Crippen molar-refractivity contribution in [1.82, 2.24) is 15.4 Å². The molecule has 0 aliphatic carbocycles.